The number of carbonyl (C=O) groups excluding carboxylic acids is 2. The van der Waals surface area contributed by atoms with Gasteiger partial charge in [0.2, 0.25) is 3.79 Å². The van der Waals surface area contributed by atoms with Gasteiger partial charge in [0.05, 0.1) is 13.1 Å². The third-order valence-corrected chi connectivity index (χ3v) is 5.23. The number of allylic oxidation sites excluding steroid dienone is 1. The maximum absolute atomic E-state index is 12.5. The van der Waals surface area contributed by atoms with Gasteiger partial charge in [-0.3, -0.25) is 18.7 Å². The smallest absolute Gasteiger partial charge is 0.497 e. The molecular weight excluding hydrogens is 469 g/mol. The van der Waals surface area contributed by atoms with E-state index in [1.165, 1.54) is 11.0 Å². The van der Waals surface area contributed by atoms with Crippen molar-refractivity contribution in [2.75, 3.05) is 26.7 Å². The summed E-state index contributed by atoms with van der Waals surface area (Å²) in [6.07, 6.45) is 4.61. The average molecular weight is 494 g/mol. The molecule has 1 rings (SSSR count). The molecule has 9 nitrogen and oxygen atoms in total. The minimum Gasteiger partial charge on any atom is -0.497 e. The third-order valence-electron chi connectivity index (χ3n) is 3.84. The molecule has 0 aromatic rings. The fourth-order valence-electron chi connectivity index (χ4n) is 2.43. The quantitative estimate of drug-likeness (QED) is 0.294. The van der Waals surface area contributed by atoms with Crippen LogP contribution in [0.5, 0.6) is 0 Å². The van der Waals surface area contributed by atoms with E-state index in [1.807, 2.05) is 6.92 Å². The van der Waals surface area contributed by atoms with Crippen LogP contribution in [0.4, 0.5) is 0 Å². The van der Waals surface area contributed by atoms with Gasteiger partial charge in [-0.2, -0.15) is 13.1 Å². The summed E-state index contributed by atoms with van der Waals surface area (Å²) in [7, 11) is -4.49. The Hall–Kier alpha value is -0.555. The first-order chi connectivity index (χ1) is 13.3. The summed E-state index contributed by atoms with van der Waals surface area (Å²) in [6.45, 7) is 2.47. The lowest BCUT2D eigenvalue weighted by atomic mass is 9.62. The first-order valence-electron chi connectivity index (χ1n) is 8.82. The van der Waals surface area contributed by atoms with Crippen molar-refractivity contribution in [1.82, 2.24) is 9.62 Å². The van der Waals surface area contributed by atoms with Gasteiger partial charge in [-0.25, -0.2) is 0 Å². The number of nitrogens with one attached hydrogen (secondary N) is 1. The van der Waals surface area contributed by atoms with Crippen LogP contribution in [-0.4, -0.2) is 68.3 Å². The lowest BCUT2D eigenvalue weighted by molar-refractivity contribution is -0.146. The summed E-state index contributed by atoms with van der Waals surface area (Å²) >= 11 is 16.6. The maximum Gasteiger partial charge on any atom is 0.625 e. The van der Waals surface area contributed by atoms with Crippen molar-refractivity contribution in [1.29, 1.82) is 0 Å². The molecular formula is C15H24BCl3N2O7S. The van der Waals surface area contributed by atoms with E-state index in [-0.39, 0.29) is 19.5 Å². The molecule has 0 aliphatic carbocycles. The number of alkyl halides is 3. The van der Waals surface area contributed by atoms with Crippen molar-refractivity contribution < 1.29 is 31.5 Å². The van der Waals surface area contributed by atoms with Crippen molar-refractivity contribution in [2.24, 2.45) is 0 Å². The Labute approximate surface area is 186 Å². The van der Waals surface area contributed by atoms with Crippen LogP contribution >= 0.6 is 34.8 Å². The summed E-state index contributed by atoms with van der Waals surface area (Å²) < 4.78 is 40.5. The molecule has 0 aromatic carbocycles. The van der Waals surface area contributed by atoms with Gasteiger partial charge in [0, 0.05) is 0 Å². The molecule has 1 aliphatic heterocycles. The number of hydrogen-bond acceptors (Lipinski definition) is 8. The van der Waals surface area contributed by atoms with Crippen LogP contribution in [-0.2, 0) is 33.4 Å². The second-order valence-corrected chi connectivity index (χ2v) is 10.4. The largest absolute Gasteiger partial charge is 0.625 e. The molecule has 14 heteroatoms. The molecule has 0 saturated carbocycles. The molecule has 0 spiro atoms. The van der Waals surface area contributed by atoms with Crippen molar-refractivity contribution in [3.8, 4) is 0 Å². The number of nitrogens with zero attached hydrogens (tertiary/aromatic N) is 1. The molecule has 29 heavy (non-hydrogen) atoms. The van der Waals surface area contributed by atoms with E-state index in [9.17, 15) is 18.0 Å². The van der Waals surface area contributed by atoms with Gasteiger partial charge < -0.3 is 9.31 Å². The highest BCUT2D eigenvalue weighted by molar-refractivity contribution is 7.84. The lowest BCUT2D eigenvalue weighted by Crippen LogP contribution is -2.62. The molecule has 0 radical (unpaired) electrons. The van der Waals surface area contributed by atoms with Crippen LogP contribution in [0.25, 0.3) is 0 Å². The monoisotopic (exact) mass is 492 g/mol. The van der Waals surface area contributed by atoms with Crippen LogP contribution in [0.15, 0.2) is 12.2 Å². The van der Waals surface area contributed by atoms with Gasteiger partial charge >= 0.3 is 29.4 Å². The second kappa shape index (κ2) is 11.2. The molecule has 1 atom stereocenters. The summed E-state index contributed by atoms with van der Waals surface area (Å²) in [5.41, 5.74) is -1.62. The molecule has 1 unspecified atom stereocenters. The fourth-order valence-corrected chi connectivity index (χ4v) is 3.95. The topological polar surface area (TPSA) is 111 Å². The highest BCUT2D eigenvalue weighted by Gasteiger charge is 2.52. The molecule has 1 heterocycles. The number of halogens is 3. The first kappa shape index (κ1) is 26.5. The molecule has 1 saturated heterocycles. The van der Waals surface area contributed by atoms with Crippen molar-refractivity contribution in [3.63, 3.8) is 0 Å². The zero-order chi connectivity index (χ0) is 22.3. The van der Waals surface area contributed by atoms with Gasteiger partial charge in [-0.1, -0.05) is 67.2 Å². The number of carbonyl (C=O) groups is 2. The van der Waals surface area contributed by atoms with Gasteiger partial charge in [0.1, 0.15) is 12.0 Å². The Morgan fingerprint density at radius 2 is 1.76 bits per heavy atom. The van der Waals surface area contributed by atoms with Gasteiger partial charge in [0.25, 0.3) is 0 Å². The van der Waals surface area contributed by atoms with Gasteiger partial charge in [-0.15, -0.1) is 0 Å². The van der Waals surface area contributed by atoms with E-state index in [2.05, 4.69) is 4.72 Å². The molecule has 1 aliphatic rings. The van der Waals surface area contributed by atoms with E-state index >= 15 is 0 Å². The summed E-state index contributed by atoms with van der Waals surface area (Å²) in [5, 5.41) is 0. The number of likely N-dealkylation sites (N-methyl/N-ethyl adjacent to an activating group) is 1. The highest BCUT2D eigenvalue weighted by atomic mass is 35.6. The van der Waals surface area contributed by atoms with E-state index in [0.29, 0.717) is 6.42 Å². The van der Waals surface area contributed by atoms with Gasteiger partial charge in [0.15, 0.2) is 0 Å². The standard InChI is InChI=1S/C15H24BCl3N2O7S/c1-4-6-7-8-14(5-2,20-29(24,25)26-11-15(17,18)19)16-27-12(22)9-21(3)10-13(23)28-16/h7-8,20H,4-6,9-11H2,1-3H3/b8-7+. The van der Waals surface area contributed by atoms with E-state index in [1.54, 1.807) is 20.0 Å². The molecule has 1 fully saturated rings. The Bertz CT molecular complexity index is 697. The van der Waals surface area contributed by atoms with E-state index in [0.717, 1.165) is 6.42 Å². The molecule has 0 amide bonds. The Balaban J connectivity index is 3.25. The van der Waals surface area contributed by atoms with E-state index in [4.69, 9.17) is 48.3 Å². The van der Waals surface area contributed by atoms with Crippen LogP contribution in [0.3, 0.4) is 0 Å². The Kier molecular flexibility index (Phi) is 10.2. The minimum absolute atomic E-state index is 0.0602. The minimum atomic E-state index is -4.49. The zero-order valence-corrected chi connectivity index (χ0v) is 19.4. The van der Waals surface area contributed by atoms with Gasteiger partial charge in [-0.05, 0) is 19.9 Å². The number of unbranched alkanes of at least 4 members (excludes halogenated alkanes) is 1. The van der Waals surface area contributed by atoms with Crippen LogP contribution in [0.1, 0.15) is 33.1 Å². The molecule has 0 bridgehead atoms. The third kappa shape index (κ3) is 9.41. The predicted octanol–water partition coefficient (Wildman–Crippen LogP) is 1.77. The molecule has 166 valence electrons. The summed E-state index contributed by atoms with van der Waals surface area (Å²) in [4.78, 5) is 25.7. The fraction of sp³-hybridized carbons (Fsp3) is 0.733. The van der Waals surface area contributed by atoms with Crippen molar-refractivity contribution >= 4 is 64.2 Å². The predicted molar refractivity (Wildman–Crippen MR) is 111 cm³/mol. The van der Waals surface area contributed by atoms with Crippen molar-refractivity contribution in [2.45, 2.75) is 42.3 Å². The second-order valence-electron chi connectivity index (χ2n) is 6.50. The Morgan fingerprint density at radius 1 is 1.21 bits per heavy atom. The van der Waals surface area contributed by atoms with Crippen LogP contribution in [0.2, 0.25) is 0 Å². The first-order valence-corrected chi connectivity index (χ1v) is 11.4. The number of rotatable bonds is 9. The summed E-state index contributed by atoms with van der Waals surface area (Å²) in [5.74, 6) is -1.37. The Morgan fingerprint density at radius 3 is 2.21 bits per heavy atom. The summed E-state index contributed by atoms with van der Waals surface area (Å²) in [6, 6.07) is 0. The van der Waals surface area contributed by atoms with Crippen LogP contribution < -0.4 is 4.72 Å². The van der Waals surface area contributed by atoms with E-state index < -0.39 is 45.2 Å². The number of hydrogen-bond donors (Lipinski definition) is 1. The molecule has 1 N–H and O–H groups in total. The SMILES string of the molecule is CCC/C=C/C(CC)(NS(=O)(=O)OCC(Cl)(Cl)Cl)B1OC(=O)CN(C)CC(=O)O1. The maximum atomic E-state index is 12.5. The van der Waals surface area contributed by atoms with Crippen molar-refractivity contribution in [3.05, 3.63) is 12.2 Å². The molecule has 0 aromatic heterocycles. The normalized spacial score (nSPS) is 19.4. The zero-order valence-electron chi connectivity index (χ0n) is 16.3. The lowest BCUT2D eigenvalue weighted by Gasteiger charge is -2.34. The highest BCUT2D eigenvalue weighted by Crippen LogP contribution is 2.28. The van der Waals surface area contributed by atoms with Crippen LogP contribution in [0, 0.1) is 0 Å². The average Bonchev–Trinajstić information content (AvgIpc) is 2.56.